The summed E-state index contributed by atoms with van der Waals surface area (Å²) in [6.45, 7) is 0.367. The minimum Gasteiger partial charge on any atom is -0.300 e. The second-order valence-corrected chi connectivity index (χ2v) is 4.98. The summed E-state index contributed by atoms with van der Waals surface area (Å²) in [5, 5.41) is 0. The van der Waals surface area contributed by atoms with Crippen molar-refractivity contribution in [3.8, 4) is 0 Å². The summed E-state index contributed by atoms with van der Waals surface area (Å²) in [7, 11) is 0. The van der Waals surface area contributed by atoms with E-state index in [1.807, 2.05) is 13.8 Å². The Morgan fingerprint density at radius 3 is 2.64 bits per heavy atom. The maximum absolute atomic E-state index is 10.8. The van der Waals surface area contributed by atoms with Gasteiger partial charge >= 0.3 is 6.87 Å². The van der Waals surface area contributed by atoms with Crippen LogP contribution in [0.5, 0.6) is 0 Å². The van der Waals surface area contributed by atoms with E-state index in [4.69, 9.17) is 11.2 Å². The van der Waals surface area contributed by atoms with Gasteiger partial charge in [-0.25, -0.2) is 9.36 Å². The van der Waals surface area contributed by atoms with Crippen molar-refractivity contribution in [2.45, 2.75) is 13.8 Å². The first kappa shape index (κ1) is 10.9. The van der Waals surface area contributed by atoms with Crippen LogP contribution in [-0.2, 0) is 13.9 Å². The lowest BCUT2D eigenvalue weighted by atomic mass is 10.2. The van der Waals surface area contributed by atoms with Gasteiger partial charge in [0.15, 0.2) is 0 Å². The monoisotopic (exact) mass is 197 g/mol. The van der Waals surface area contributed by atoms with E-state index in [1.54, 1.807) is 0 Å². The van der Waals surface area contributed by atoms with Gasteiger partial charge in [0.25, 0.3) is 0 Å². The molecule has 0 spiro atoms. The summed E-state index contributed by atoms with van der Waals surface area (Å²) in [5.41, 5.74) is 0. The molecule has 1 atom stereocenters. The molecule has 0 rings (SSSR count). The predicted molar refractivity (Wildman–Crippen MR) is 42.4 cm³/mol. The zero-order valence-corrected chi connectivity index (χ0v) is 7.93. The molecule has 0 aliphatic rings. The molecule has 0 aromatic carbocycles. The van der Waals surface area contributed by atoms with Crippen molar-refractivity contribution in [3.05, 3.63) is 0 Å². The van der Waals surface area contributed by atoms with Gasteiger partial charge in [0.05, 0.1) is 6.61 Å². The van der Waals surface area contributed by atoms with Gasteiger partial charge in [-0.05, 0) is 17.2 Å². The Balaban J connectivity index is 3.93. The first-order chi connectivity index (χ1) is 4.98. The normalized spacial score (nSPS) is 15.6. The fourth-order valence-corrected chi connectivity index (χ4v) is 1.22. The highest BCUT2D eigenvalue weighted by atomic mass is 35.7. The second-order valence-electron chi connectivity index (χ2n) is 2.33. The van der Waals surface area contributed by atoms with Crippen LogP contribution in [0.15, 0.2) is 4.76 Å². The lowest BCUT2D eigenvalue weighted by Crippen LogP contribution is -1.96. The first-order valence-electron chi connectivity index (χ1n) is 3.01. The molecule has 0 N–H and O–H groups in total. The maximum Gasteiger partial charge on any atom is 0.416 e. The molecule has 1 unspecified atom stereocenters. The molecule has 11 heavy (non-hydrogen) atoms. The molecule has 0 bridgehead atoms. The van der Waals surface area contributed by atoms with Crippen molar-refractivity contribution in [2.24, 2.45) is 10.7 Å². The summed E-state index contributed by atoms with van der Waals surface area (Å²) < 4.78 is 18.3. The Kier molecular flexibility index (Phi) is 4.62. The molecule has 6 heteroatoms. The SMILES string of the molecule is CC(C)COP(=O)(Cl)N=C=O. The fraction of sp³-hybridized carbons (Fsp3) is 0.800. The zero-order valence-electron chi connectivity index (χ0n) is 6.28. The highest BCUT2D eigenvalue weighted by Gasteiger charge is 2.17. The van der Waals surface area contributed by atoms with Gasteiger partial charge < -0.3 is 4.52 Å². The quantitative estimate of drug-likeness (QED) is 0.395. The Hall–Kier alpha value is -0.140. The van der Waals surface area contributed by atoms with Crippen LogP contribution in [0.25, 0.3) is 0 Å². The molecule has 0 aromatic heterocycles. The van der Waals surface area contributed by atoms with E-state index in [9.17, 15) is 9.36 Å². The number of isocyanates is 1. The van der Waals surface area contributed by atoms with Crippen LogP contribution in [0, 0.1) is 5.92 Å². The average Bonchev–Trinajstić information content (AvgIpc) is 1.84. The van der Waals surface area contributed by atoms with Gasteiger partial charge in [-0.3, -0.25) is 0 Å². The van der Waals surface area contributed by atoms with E-state index < -0.39 is 6.87 Å². The van der Waals surface area contributed by atoms with Crippen LogP contribution >= 0.6 is 18.1 Å². The Bertz CT molecular complexity index is 212. The van der Waals surface area contributed by atoms with Crippen LogP contribution in [0.1, 0.15) is 13.8 Å². The largest absolute Gasteiger partial charge is 0.416 e. The van der Waals surface area contributed by atoms with Gasteiger partial charge in [-0.1, -0.05) is 13.8 Å². The molecule has 0 aliphatic carbocycles. The number of hydrogen-bond donors (Lipinski definition) is 0. The smallest absolute Gasteiger partial charge is 0.300 e. The third kappa shape index (κ3) is 6.27. The van der Waals surface area contributed by atoms with Gasteiger partial charge in [-0.2, -0.15) is 0 Å². The van der Waals surface area contributed by atoms with Crippen molar-refractivity contribution in [2.75, 3.05) is 6.61 Å². The van der Waals surface area contributed by atoms with E-state index in [1.165, 1.54) is 0 Å². The second kappa shape index (κ2) is 4.68. The van der Waals surface area contributed by atoms with Crippen LogP contribution in [-0.4, -0.2) is 12.7 Å². The number of carbonyl (C=O) groups excluding carboxylic acids is 1. The number of hydrogen-bond acceptors (Lipinski definition) is 3. The molecule has 0 saturated carbocycles. The van der Waals surface area contributed by atoms with Crippen molar-refractivity contribution in [3.63, 3.8) is 0 Å². The van der Waals surface area contributed by atoms with E-state index in [2.05, 4.69) is 9.29 Å². The van der Waals surface area contributed by atoms with Crippen LogP contribution in [0.3, 0.4) is 0 Å². The summed E-state index contributed by atoms with van der Waals surface area (Å²) in [5.74, 6) is 0.198. The zero-order chi connectivity index (χ0) is 8.91. The number of nitrogens with zero attached hydrogens (tertiary/aromatic N) is 1. The summed E-state index contributed by atoms with van der Waals surface area (Å²) in [4.78, 5) is 9.64. The molecule has 0 saturated heterocycles. The minimum atomic E-state index is -3.57. The fourth-order valence-electron chi connectivity index (χ4n) is 0.319. The van der Waals surface area contributed by atoms with Crippen molar-refractivity contribution in [1.82, 2.24) is 0 Å². The molecule has 0 radical (unpaired) electrons. The molecule has 4 nitrogen and oxygen atoms in total. The topological polar surface area (TPSA) is 55.7 Å². The Morgan fingerprint density at radius 2 is 2.27 bits per heavy atom. The first-order valence-corrected chi connectivity index (χ1v) is 5.50. The summed E-state index contributed by atoms with van der Waals surface area (Å²) in [6.07, 6.45) is 1.09. The molecule has 0 amide bonds. The van der Waals surface area contributed by atoms with Gasteiger partial charge in [-0.15, -0.1) is 4.76 Å². The highest BCUT2D eigenvalue weighted by Crippen LogP contribution is 2.53. The molecule has 0 aromatic rings. The highest BCUT2D eigenvalue weighted by molar-refractivity contribution is 7.84. The van der Waals surface area contributed by atoms with Gasteiger partial charge in [0, 0.05) is 0 Å². The van der Waals surface area contributed by atoms with Crippen LogP contribution < -0.4 is 0 Å². The molecule has 0 fully saturated rings. The summed E-state index contributed by atoms with van der Waals surface area (Å²) in [6, 6.07) is 0. The molecule has 0 aliphatic heterocycles. The van der Waals surface area contributed by atoms with E-state index in [-0.39, 0.29) is 12.5 Å². The Labute approximate surface area is 69.9 Å². The van der Waals surface area contributed by atoms with Crippen LogP contribution in [0.2, 0.25) is 0 Å². The molecular weight excluding hydrogens is 188 g/mol. The standard InChI is InChI=1S/C5H9ClNO3P/c1-5(2)3-10-11(6,9)7-4-8/h5H,3H2,1-2H3. The van der Waals surface area contributed by atoms with Gasteiger partial charge in [0.1, 0.15) is 0 Å². The van der Waals surface area contributed by atoms with E-state index >= 15 is 0 Å². The maximum atomic E-state index is 10.8. The van der Waals surface area contributed by atoms with Crippen LogP contribution in [0.4, 0.5) is 0 Å². The Morgan fingerprint density at radius 1 is 1.73 bits per heavy atom. The minimum absolute atomic E-state index is 0.198. The number of halogens is 1. The lowest BCUT2D eigenvalue weighted by Gasteiger charge is -2.06. The summed E-state index contributed by atoms with van der Waals surface area (Å²) >= 11 is 5.18. The third-order valence-electron chi connectivity index (χ3n) is 0.727. The lowest BCUT2D eigenvalue weighted by molar-refractivity contribution is 0.279. The van der Waals surface area contributed by atoms with E-state index in [0.29, 0.717) is 0 Å². The van der Waals surface area contributed by atoms with Crippen molar-refractivity contribution < 1.29 is 13.9 Å². The van der Waals surface area contributed by atoms with Gasteiger partial charge in [0.2, 0.25) is 6.08 Å². The van der Waals surface area contributed by atoms with E-state index in [0.717, 1.165) is 6.08 Å². The molecule has 0 heterocycles. The number of rotatable bonds is 4. The van der Waals surface area contributed by atoms with Crippen molar-refractivity contribution in [1.29, 1.82) is 0 Å². The predicted octanol–water partition coefficient (Wildman–Crippen LogP) is 2.34. The third-order valence-corrected chi connectivity index (χ3v) is 2.04. The molecule has 64 valence electrons. The van der Waals surface area contributed by atoms with Crippen molar-refractivity contribution >= 4 is 24.2 Å². The average molecular weight is 198 g/mol. The molecular formula is C5H9ClNO3P.